The fourth-order valence-corrected chi connectivity index (χ4v) is 4.66. The average Bonchev–Trinajstić information content (AvgIpc) is 2.81. The van der Waals surface area contributed by atoms with E-state index in [9.17, 15) is 13.2 Å². The van der Waals surface area contributed by atoms with E-state index in [1.54, 1.807) is 6.07 Å². The van der Waals surface area contributed by atoms with Gasteiger partial charge in [0.15, 0.2) is 11.5 Å². The summed E-state index contributed by atoms with van der Waals surface area (Å²) < 4.78 is 44.1. The smallest absolute Gasteiger partial charge is 0.240 e. The maximum atomic E-state index is 12.5. The molecule has 3 rings (SSSR count). The van der Waals surface area contributed by atoms with Gasteiger partial charge in [0.2, 0.25) is 15.9 Å². The monoisotopic (exact) mass is 490 g/mol. The second-order valence-corrected chi connectivity index (χ2v) is 10.3. The van der Waals surface area contributed by atoms with E-state index in [-0.39, 0.29) is 22.9 Å². The van der Waals surface area contributed by atoms with Crippen molar-refractivity contribution in [3.8, 4) is 17.2 Å². The molecule has 0 radical (unpaired) electrons. The normalized spacial score (nSPS) is 14.0. The van der Waals surface area contributed by atoms with Crippen molar-refractivity contribution in [2.45, 2.75) is 63.5 Å². The van der Waals surface area contributed by atoms with Gasteiger partial charge in [0.05, 0.1) is 17.0 Å². The number of unbranched alkanes of at least 4 members (excludes halogenated alkanes) is 2. The van der Waals surface area contributed by atoms with E-state index in [2.05, 4.69) is 10.0 Å². The number of hydrogen-bond donors (Lipinski definition) is 2. The highest BCUT2D eigenvalue weighted by Gasteiger charge is 2.19. The topological polar surface area (TPSA) is 103 Å². The van der Waals surface area contributed by atoms with Gasteiger partial charge in [0.25, 0.3) is 0 Å². The fraction of sp³-hybridized carbons (Fsp3) is 0.480. The molecule has 0 saturated heterocycles. The van der Waals surface area contributed by atoms with E-state index in [1.165, 1.54) is 12.1 Å². The number of hydrogen-bond acceptors (Lipinski definition) is 6. The minimum atomic E-state index is -3.63. The Morgan fingerprint density at radius 3 is 2.38 bits per heavy atom. The molecule has 1 unspecified atom stereocenters. The van der Waals surface area contributed by atoms with E-state index in [0.717, 1.165) is 17.7 Å². The lowest BCUT2D eigenvalue weighted by atomic mass is 10.1. The Balaban J connectivity index is 1.34. The van der Waals surface area contributed by atoms with Crippen LogP contribution >= 0.6 is 0 Å². The van der Waals surface area contributed by atoms with E-state index >= 15 is 0 Å². The maximum absolute atomic E-state index is 12.5. The summed E-state index contributed by atoms with van der Waals surface area (Å²) in [4.78, 5) is 12.4. The Hall–Kier alpha value is -2.78. The van der Waals surface area contributed by atoms with Gasteiger partial charge in [0.1, 0.15) is 19.0 Å². The van der Waals surface area contributed by atoms with Crippen LogP contribution in [0.15, 0.2) is 47.4 Å². The molecule has 0 bridgehead atoms. The second kappa shape index (κ2) is 12.1. The highest BCUT2D eigenvalue weighted by Crippen LogP contribution is 2.32. The average molecular weight is 491 g/mol. The van der Waals surface area contributed by atoms with Crippen molar-refractivity contribution in [2.24, 2.45) is 0 Å². The molecule has 9 heteroatoms. The van der Waals surface area contributed by atoms with E-state index in [4.69, 9.17) is 14.2 Å². The van der Waals surface area contributed by atoms with Gasteiger partial charge in [0, 0.05) is 19.0 Å². The third-order valence-corrected chi connectivity index (χ3v) is 6.78. The predicted molar refractivity (Wildman–Crippen MR) is 130 cm³/mol. The Morgan fingerprint density at radius 1 is 0.971 bits per heavy atom. The van der Waals surface area contributed by atoms with Crippen molar-refractivity contribution >= 4 is 15.9 Å². The summed E-state index contributed by atoms with van der Waals surface area (Å²) >= 11 is 0. The SMILES string of the molecule is CC(C)Oc1ccc(C(C)NC(=O)CCCCCNS(=O)(=O)c2ccc3c(c2)OCCO3)cc1. The van der Waals surface area contributed by atoms with Crippen molar-refractivity contribution in [1.29, 1.82) is 0 Å². The quantitative estimate of drug-likeness (QED) is 0.437. The van der Waals surface area contributed by atoms with Crippen LogP contribution in [-0.2, 0) is 14.8 Å². The standard InChI is InChI=1S/C25H34N2O6S/c1-18(2)33-21-10-8-20(9-11-21)19(3)27-25(28)7-5-4-6-14-26-34(29,30)22-12-13-23-24(17-22)32-16-15-31-23/h8-13,17-19,26H,4-7,14-16H2,1-3H3,(H,27,28). The summed E-state index contributed by atoms with van der Waals surface area (Å²) in [5.41, 5.74) is 1.01. The molecule has 1 atom stereocenters. The first kappa shape index (κ1) is 25.8. The minimum Gasteiger partial charge on any atom is -0.491 e. The molecule has 2 N–H and O–H groups in total. The molecule has 34 heavy (non-hydrogen) atoms. The first-order valence-corrected chi connectivity index (χ1v) is 13.2. The zero-order valence-electron chi connectivity index (χ0n) is 20.0. The van der Waals surface area contributed by atoms with Gasteiger partial charge in [-0.15, -0.1) is 0 Å². The molecule has 1 aliphatic heterocycles. The number of benzene rings is 2. The van der Waals surface area contributed by atoms with Crippen LogP contribution in [0.25, 0.3) is 0 Å². The molecule has 0 fully saturated rings. The third-order valence-electron chi connectivity index (χ3n) is 5.33. The van der Waals surface area contributed by atoms with Crippen LogP contribution in [0.1, 0.15) is 58.1 Å². The number of ether oxygens (including phenoxy) is 3. The van der Waals surface area contributed by atoms with Gasteiger partial charge in [-0.05, 0) is 63.4 Å². The first-order valence-electron chi connectivity index (χ1n) is 11.7. The van der Waals surface area contributed by atoms with Crippen LogP contribution in [-0.4, -0.2) is 40.2 Å². The van der Waals surface area contributed by atoms with Gasteiger partial charge >= 0.3 is 0 Å². The molecule has 1 heterocycles. The highest BCUT2D eigenvalue weighted by molar-refractivity contribution is 7.89. The number of sulfonamides is 1. The molecule has 186 valence electrons. The molecule has 2 aromatic rings. The third kappa shape index (κ3) is 7.63. The van der Waals surface area contributed by atoms with Crippen LogP contribution in [0.3, 0.4) is 0 Å². The van der Waals surface area contributed by atoms with Crippen molar-refractivity contribution < 1.29 is 27.4 Å². The molecule has 1 amide bonds. The second-order valence-electron chi connectivity index (χ2n) is 8.54. The van der Waals surface area contributed by atoms with Crippen molar-refractivity contribution in [2.75, 3.05) is 19.8 Å². The van der Waals surface area contributed by atoms with Crippen molar-refractivity contribution in [3.05, 3.63) is 48.0 Å². The van der Waals surface area contributed by atoms with E-state index in [1.807, 2.05) is 45.0 Å². The van der Waals surface area contributed by atoms with Crippen molar-refractivity contribution in [1.82, 2.24) is 10.0 Å². The van der Waals surface area contributed by atoms with Crippen LogP contribution in [0.4, 0.5) is 0 Å². The Kier molecular flexibility index (Phi) is 9.18. The number of rotatable bonds is 12. The molecule has 1 aliphatic rings. The van der Waals surface area contributed by atoms with E-state index in [0.29, 0.717) is 50.5 Å². The first-order chi connectivity index (χ1) is 16.2. The molecular formula is C25H34N2O6S. The van der Waals surface area contributed by atoms with Crippen LogP contribution in [0.2, 0.25) is 0 Å². The van der Waals surface area contributed by atoms with Gasteiger partial charge in [-0.2, -0.15) is 0 Å². The summed E-state index contributed by atoms with van der Waals surface area (Å²) in [6.45, 7) is 7.06. The number of fused-ring (bicyclic) bond motifs is 1. The molecule has 0 spiro atoms. The lowest BCUT2D eigenvalue weighted by Crippen LogP contribution is -2.26. The van der Waals surface area contributed by atoms with Gasteiger partial charge in [-0.3, -0.25) is 4.79 Å². The van der Waals surface area contributed by atoms with Crippen LogP contribution in [0.5, 0.6) is 17.2 Å². The number of nitrogens with one attached hydrogen (secondary N) is 2. The predicted octanol–water partition coefficient (Wildman–Crippen LogP) is 3.96. The fourth-order valence-electron chi connectivity index (χ4n) is 3.57. The highest BCUT2D eigenvalue weighted by atomic mass is 32.2. The summed E-state index contributed by atoms with van der Waals surface area (Å²) in [6, 6.07) is 12.2. The molecule has 2 aromatic carbocycles. The molecular weight excluding hydrogens is 456 g/mol. The summed E-state index contributed by atoms with van der Waals surface area (Å²) in [7, 11) is -3.63. The number of carbonyl (C=O) groups is 1. The molecule has 0 aliphatic carbocycles. The lowest BCUT2D eigenvalue weighted by molar-refractivity contribution is -0.121. The summed E-state index contributed by atoms with van der Waals surface area (Å²) in [5.74, 6) is 1.78. The van der Waals surface area contributed by atoms with Gasteiger partial charge < -0.3 is 19.5 Å². The Labute approximate surface area is 202 Å². The van der Waals surface area contributed by atoms with Crippen molar-refractivity contribution in [3.63, 3.8) is 0 Å². The van der Waals surface area contributed by atoms with Gasteiger partial charge in [-0.25, -0.2) is 13.1 Å². The zero-order valence-corrected chi connectivity index (χ0v) is 20.8. The van der Waals surface area contributed by atoms with Crippen LogP contribution < -0.4 is 24.2 Å². The molecule has 0 saturated carbocycles. The Bertz CT molecular complexity index is 1050. The summed E-state index contributed by atoms with van der Waals surface area (Å²) in [6.07, 6.45) is 2.59. The Morgan fingerprint density at radius 2 is 1.68 bits per heavy atom. The van der Waals surface area contributed by atoms with Gasteiger partial charge in [-0.1, -0.05) is 18.6 Å². The largest absolute Gasteiger partial charge is 0.491 e. The van der Waals surface area contributed by atoms with Crippen LogP contribution in [0, 0.1) is 0 Å². The molecule has 0 aromatic heterocycles. The zero-order chi connectivity index (χ0) is 24.6. The summed E-state index contributed by atoms with van der Waals surface area (Å²) in [5, 5.41) is 3.00. The maximum Gasteiger partial charge on any atom is 0.240 e. The van der Waals surface area contributed by atoms with E-state index < -0.39 is 10.0 Å². The lowest BCUT2D eigenvalue weighted by Gasteiger charge is -2.18. The number of carbonyl (C=O) groups excluding carboxylic acids is 1. The molecule has 8 nitrogen and oxygen atoms in total. The minimum absolute atomic E-state index is 0.0214. The number of amides is 1.